The highest BCUT2D eigenvalue weighted by atomic mass is 16.3. The molecule has 1 saturated carbocycles. The van der Waals surface area contributed by atoms with Crippen molar-refractivity contribution in [2.75, 3.05) is 19.6 Å². The zero-order valence-electron chi connectivity index (χ0n) is 13.6. The standard InChI is InChI=1S/C17H32N2O2/c1-2-15-8-4-7-12-19(15)13-11-18-16(20)14-17(21)9-5-3-6-10-17/h15,21H,2-14H2,1H3,(H,18,20). The van der Waals surface area contributed by atoms with Gasteiger partial charge in [0.2, 0.25) is 5.91 Å². The average molecular weight is 296 g/mol. The van der Waals surface area contributed by atoms with Crippen molar-refractivity contribution in [3.05, 3.63) is 0 Å². The summed E-state index contributed by atoms with van der Waals surface area (Å²) in [6, 6.07) is 0.693. The Kier molecular flexibility index (Phi) is 6.49. The molecule has 2 rings (SSSR count). The molecule has 4 nitrogen and oxygen atoms in total. The fourth-order valence-electron chi connectivity index (χ4n) is 3.90. The topological polar surface area (TPSA) is 52.6 Å². The van der Waals surface area contributed by atoms with Gasteiger partial charge in [0.05, 0.1) is 12.0 Å². The van der Waals surface area contributed by atoms with Crippen LogP contribution in [0.4, 0.5) is 0 Å². The fourth-order valence-corrected chi connectivity index (χ4v) is 3.90. The average Bonchev–Trinajstić information content (AvgIpc) is 2.48. The van der Waals surface area contributed by atoms with E-state index in [2.05, 4.69) is 17.1 Å². The van der Waals surface area contributed by atoms with Crippen molar-refractivity contribution in [3.8, 4) is 0 Å². The van der Waals surface area contributed by atoms with E-state index in [9.17, 15) is 9.90 Å². The lowest BCUT2D eigenvalue weighted by molar-refractivity contribution is -0.127. The Morgan fingerprint density at radius 1 is 1.24 bits per heavy atom. The molecule has 0 bridgehead atoms. The Balaban J connectivity index is 1.66. The largest absolute Gasteiger partial charge is 0.389 e. The molecular weight excluding hydrogens is 264 g/mol. The molecule has 2 aliphatic rings. The SMILES string of the molecule is CCC1CCCCN1CCNC(=O)CC1(O)CCCCC1. The van der Waals surface area contributed by atoms with Gasteiger partial charge in [-0.1, -0.05) is 32.6 Å². The number of rotatable bonds is 6. The maximum atomic E-state index is 12.0. The van der Waals surface area contributed by atoms with Gasteiger partial charge in [-0.2, -0.15) is 0 Å². The van der Waals surface area contributed by atoms with Gasteiger partial charge in [0.15, 0.2) is 0 Å². The Morgan fingerprint density at radius 2 is 2.00 bits per heavy atom. The van der Waals surface area contributed by atoms with E-state index in [4.69, 9.17) is 0 Å². The molecule has 1 atom stereocenters. The first-order valence-electron chi connectivity index (χ1n) is 8.86. The summed E-state index contributed by atoms with van der Waals surface area (Å²) in [7, 11) is 0. The summed E-state index contributed by atoms with van der Waals surface area (Å²) in [5.41, 5.74) is -0.737. The fraction of sp³-hybridized carbons (Fsp3) is 0.941. The van der Waals surface area contributed by atoms with Crippen molar-refractivity contribution in [2.24, 2.45) is 0 Å². The minimum absolute atomic E-state index is 0.0180. The molecule has 1 amide bonds. The third-order valence-corrected chi connectivity index (χ3v) is 5.22. The van der Waals surface area contributed by atoms with Crippen LogP contribution in [0.5, 0.6) is 0 Å². The highest BCUT2D eigenvalue weighted by Gasteiger charge is 2.31. The van der Waals surface area contributed by atoms with Gasteiger partial charge in [0.1, 0.15) is 0 Å². The summed E-state index contributed by atoms with van der Waals surface area (Å²) in [5.74, 6) is 0.0180. The molecule has 1 aliphatic carbocycles. The van der Waals surface area contributed by atoms with Crippen molar-refractivity contribution < 1.29 is 9.90 Å². The Labute approximate surface area is 129 Å². The van der Waals surface area contributed by atoms with Crippen LogP contribution in [0.25, 0.3) is 0 Å². The lowest BCUT2D eigenvalue weighted by Gasteiger charge is -2.35. The van der Waals surface area contributed by atoms with E-state index >= 15 is 0 Å². The maximum Gasteiger partial charge on any atom is 0.222 e. The van der Waals surface area contributed by atoms with Crippen molar-refractivity contribution in [1.82, 2.24) is 10.2 Å². The lowest BCUT2D eigenvalue weighted by Crippen LogP contribution is -2.45. The predicted molar refractivity (Wildman–Crippen MR) is 85.2 cm³/mol. The van der Waals surface area contributed by atoms with Crippen LogP contribution < -0.4 is 5.32 Å². The smallest absolute Gasteiger partial charge is 0.222 e. The third-order valence-electron chi connectivity index (χ3n) is 5.22. The molecule has 122 valence electrons. The molecule has 2 N–H and O–H groups in total. The van der Waals surface area contributed by atoms with Crippen molar-refractivity contribution in [2.45, 2.75) is 82.8 Å². The summed E-state index contributed by atoms with van der Waals surface area (Å²) < 4.78 is 0. The van der Waals surface area contributed by atoms with Gasteiger partial charge in [-0.25, -0.2) is 0 Å². The Morgan fingerprint density at radius 3 is 2.71 bits per heavy atom. The number of carbonyl (C=O) groups excluding carboxylic acids is 1. The minimum atomic E-state index is -0.737. The second-order valence-electron chi connectivity index (χ2n) is 6.91. The molecule has 1 heterocycles. The van der Waals surface area contributed by atoms with E-state index < -0.39 is 5.60 Å². The molecule has 0 aromatic carbocycles. The van der Waals surface area contributed by atoms with Crippen LogP contribution in [0, 0.1) is 0 Å². The second-order valence-corrected chi connectivity index (χ2v) is 6.91. The molecule has 4 heteroatoms. The van der Waals surface area contributed by atoms with E-state index in [1.807, 2.05) is 0 Å². The monoisotopic (exact) mass is 296 g/mol. The first-order chi connectivity index (χ1) is 10.1. The number of carbonyl (C=O) groups is 1. The summed E-state index contributed by atoms with van der Waals surface area (Å²) in [6.45, 7) is 5.08. The van der Waals surface area contributed by atoms with E-state index in [-0.39, 0.29) is 12.3 Å². The number of aliphatic hydroxyl groups is 1. The van der Waals surface area contributed by atoms with E-state index in [1.54, 1.807) is 0 Å². The van der Waals surface area contributed by atoms with Gasteiger partial charge in [-0.15, -0.1) is 0 Å². The van der Waals surface area contributed by atoms with Crippen LogP contribution in [0.3, 0.4) is 0 Å². The minimum Gasteiger partial charge on any atom is -0.389 e. The van der Waals surface area contributed by atoms with E-state index in [1.165, 1.54) is 32.1 Å². The third kappa shape index (κ3) is 5.26. The highest BCUT2D eigenvalue weighted by molar-refractivity contribution is 5.77. The molecular formula is C17H32N2O2. The summed E-state index contributed by atoms with van der Waals surface area (Å²) in [4.78, 5) is 14.5. The van der Waals surface area contributed by atoms with Gasteiger partial charge >= 0.3 is 0 Å². The van der Waals surface area contributed by atoms with Gasteiger partial charge < -0.3 is 10.4 Å². The number of hydrogen-bond acceptors (Lipinski definition) is 3. The van der Waals surface area contributed by atoms with Crippen LogP contribution in [-0.4, -0.2) is 47.2 Å². The van der Waals surface area contributed by atoms with Crippen molar-refractivity contribution in [3.63, 3.8) is 0 Å². The van der Waals surface area contributed by atoms with Crippen molar-refractivity contribution >= 4 is 5.91 Å². The Hall–Kier alpha value is -0.610. The van der Waals surface area contributed by atoms with Gasteiger partial charge in [-0.3, -0.25) is 9.69 Å². The van der Waals surface area contributed by atoms with E-state index in [0.717, 1.165) is 38.8 Å². The van der Waals surface area contributed by atoms with Crippen LogP contribution in [-0.2, 0) is 4.79 Å². The number of nitrogens with one attached hydrogen (secondary N) is 1. The quantitative estimate of drug-likeness (QED) is 0.791. The van der Waals surface area contributed by atoms with Crippen LogP contribution in [0.2, 0.25) is 0 Å². The predicted octanol–water partition coefficient (Wildman–Crippen LogP) is 2.45. The molecule has 1 unspecified atom stereocenters. The number of nitrogens with zero attached hydrogens (tertiary/aromatic N) is 1. The normalized spacial score (nSPS) is 26.5. The first-order valence-corrected chi connectivity index (χ1v) is 8.86. The summed E-state index contributed by atoms with van der Waals surface area (Å²) in [5, 5.41) is 13.4. The number of piperidine rings is 1. The molecule has 1 aliphatic heterocycles. The molecule has 0 aromatic rings. The molecule has 1 saturated heterocycles. The number of amides is 1. The zero-order chi connectivity index (χ0) is 15.1. The summed E-state index contributed by atoms with van der Waals surface area (Å²) >= 11 is 0. The zero-order valence-corrected chi connectivity index (χ0v) is 13.6. The Bertz CT molecular complexity index is 327. The van der Waals surface area contributed by atoms with Gasteiger partial charge in [0.25, 0.3) is 0 Å². The second kappa shape index (κ2) is 8.14. The number of hydrogen-bond donors (Lipinski definition) is 2. The maximum absolute atomic E-state index is 12.0. The number of likely N-dealkylation sites (tertiary alicyclic amines) is 1. The van der Waals surface area contributed by atoms with Gasteiger partial charge in [0, 0.05) is 19.1 Å². The molecule has 0 radical (unpaired) electrons. The molecule has 21 heavy (non-hydrogen) atoms. The molecule has 2 fully saturated rings. The first kappa shape index (κ1) is 16.8. The van der Waals surface area contributed by atoms with Crippen LogP contribution in [0.1, 0.15) is 71.1 Å². The molecule has 0 spiro atoms. The van der Waals surface area contributed by atoms with Crippen LogP contribution >= 0.6 is 0 Å². The lowest BCUT2D eigenvalue weighted by atomic mass is 9.82. The molecule has 0 aromatic heterocycles. The van der Waals surface area contributed by atoms with Crippen LogP contribution in [0.15, 0.2) is 0 Å². The summed E-state index contributed by atoms with van der Waals surface area (Å²) in [6.07, 6.45) is 10.3. The van der Waals surface area contributed by atoms with Crippen molar-refractivity contribution in [1.29, 1.82) is 0 Å². The van der Waals surface area contributed by atoms with Gasteiger partial charge in [-0.05, 0) is 38.6 Å². The highest BCUT2D eigenvalue weighted by Crippen LogP contribution is 2.30. The van der Waals surface area contributed by atoms with E-state index in [0.29, 0.717) is 12.6 Å².